The second-order valence-electron chi connectivity index (χ2n) is 29.9. The number of allylic oxidation sites excluding steroid dienone is 19. The highest BCUT2D eigenvalue weighted by Gasteiger charge is 2.48. The standard InChI is InChI=1S/C36H11F3N8O.C36H11F3N8.C36H8N10/c1-18-29(15-44)25-9-28-26(10-27(25)32(18)30(16-45)23-5-19(11-40)3-20(6-23)12-41)31(17-46)35(48-36(37,38)39)33(28)34(47-2)24-7-21(13-42)4-22(8-24)14-43;1-18-29(15-44)25-9-28-26(10-27(25)32(18)30(16-45)23-5-19(11-40)3-20(6-23)12-41)31(17-46)34(36(37,38)39)33(28)35(47-2)24-7-21(13-42)4-22(8-24)14-43;1-45-35(24-7-21(13-39)4-22(8-24)14-40)34-27-10-26-28(9-25(27)30(16-42)31(34)17-43)33(36(46-2)32(26)18-44)29(15-41)23-5-19(11-37)3-20(6-23)12-38/h3-10H,1H3;3-10H,1H3;3-10H/b32-30+,34-33+;32-30+,35-33+;33-29-,35-34+. The van der Waals surface area contributed by atoms with E-state index in [1.54, 1.807) is 19.1 Å². The molecule has 0 bridgehead atoms. The molecular weight excluding hydrogens is 1790 g/mol. The molecule has 0 amide bonds. The third-order valence-corrected chi connectivity index (χ3v) is 22.5. The molecule has 0 saturated carbocycles. The van der Waals surface area contributed by atoms with Gasteiger partial charge < -0.3 is 4.74 Å². The zero-order chi connectivity index (χ0) is 102. The van der Waals surface area contributed by atoms with Crippen molar-refractivity contribution in [2.75, 3.05) is 0 Å². The maximum atomic E-state index is 14.8. The largest absolute Gasteiger partial charge is 0.573 e. The summed E-state index contributed by atoms with van der Waals surface area (Å²) in [4.78, 5) is 14.0. The molecule has 15 rings (SSSR count). The summed E-state index contributed by atoms with van der Waals surface area (Å²) in [6.07, 6.45) is -10.5. The molecule has 0 N–H and O–H groups in total. The van der Waals surface area contributed by atoms with Gasteiger partial charge in [-0.25, -0.2) is 19.4 Å². The van der Waals surface area contributed by atoms with Gasteiger partial charge in [0, 0.05) is 61.3 Å². The number of fused-ring (bicyclic) bond motifs is 6. The molecule has 0 radical (unpaired) electrons. The topological polar surface area (TPSA) is 550 Å². The van der Waals surface area contributed by atoms with Gasteiger partial charge in [-0.15, -0.1) is 13.2 Å². The first-order chi connectivity index (χ1) is 67.8. The van der Waals surface area contributed by atoms with E-state index < -0.39 is 57.6 Å². The van der Waals surface area contributed by atoms with Crippen LogP contribution in [0.5, 0.6) is 0 Å². The first-order valence-corrected chi connectivity index (χ1v) is 39.4. The van der Waals surface area contributed by atoms with Crippen molar-refractivity contribution in [2.24, 2.45) is 0 Å². The van der Waals surface area contributed by atoms with Crippen molar-refractivity contribution >= 4 is 101 Å². The van der Waals surface area contributed by atoms with Crippen molar-refractivity contribution < 1.29 is 31.1 Å². The summed E-state index contributed by atoms with van der Waals surface area (Å²) in [5.74, 6) is -0.999. The van der Waals surface area contributed by atoms with E-state index in [1.807, 2.05) is 109 Å². The number of benzene rings is 9. The SMILES string of the molecule is [C-]#[N+]/C(=C1/C(C(F)(F)F)=C(C#N)c2cc3c(cc21)C(C#N)=C(C)/C3=C(/C#N)c1cc(C#N)cc(C#N)c1)c1cc(C#N)cc(C#N)c1.[C-]#[N+]/C(=C1/C(OC(F)(F)F)=C(C#N)c2cc3c(cc21)C(C#N)=C(C)/C3=C(/C#N)c1cc(C#N)cc(C#N)c1)c1cc(C#N)cc(C#N)c1.[C-]#[N+]C1=C(C#N)c2cc3c(cc2/C1=C(\C#N)c1cc(C#N)cc(C#N)c1)C(C#N)=C(C#N)/C3=C(/[N+]#[C-])c1cc(C#N)cc(C#N)c1. The van der Waals surface area contributed by atoms with Crippen molar-refractivity contribution in [2.45, 2.75) is 26.4 Å². The number of alkyl halides is 6. The quantitative estimate of drug-likeness (QED) is 0.0812. The van der Waals surface area contributed by atoms with Crippen molar-refractivity contribution in [1.29, 1.82) is 116 Å². The summed E-state index contributed by atoms with van der Waals surface area (Å²) < 4.78 is 90.4. The molecule has 9 aromatic carbocycles. The van der Waals surface area contributed by atoms with E-state index in [9.17, 15) is 142 Å². The van der Waals surface area contributed by atoms with Crippen molar-refractivity contribution in [3.63, 3.8) is 0 Å². The lowest BCUT2D eigenvalue weighted by Crippen LogP contribution is -2.13. The van der Waals surface area contributed by atoms with Crippen LogP contribution in [0, 0.1) is 276 Å². The molecule has 6 aliphatic carbocycles. The van der Waals surface area contributed by atoms with Crippen LogP contribution in [0.4, 0.5) is 26.3 Å². The summed E-state index contributed by atoms with van der Waals surface area (Å²) in [5.41, 5.74) is -2.86. The van der Waals surface area contributed by atoms with E-state index in [0.717, 1.165) is 0 Å². The molecule has 640 valence electrons. The number of hydrogen-bond acceptors (Lipinski definition) is 23. The number of halogens is 6. The second-order valence-corrected chi connectivity index (χ2v) is 29.9. The smallest absolute Gasteiger partial charge is 0.405 e. The Bertz CT molecular complexity index is 8890. The van der Waals surface area contributed by atoms with Crippen LogP contribution in [0.25, 0.3) is 120 Å². The third kappa shape index (κ3) is 16.4. The molecule has 6 aliphatic rings. The predicted octanol–water partition coefficient (Wildman–Crippen LogP) is 21.4. The maximum Gasteiger partial charge on any atom is 0.573 e. The van der Waals surface area contributed by atoms with Gasteiger partial charge in [0.2, 0.25) is 22.8 Å². The summed E-state index contributed by atoms with van der Waals surface area (Å²) in [6.45, 7) is 34.9. The van der Waals surface area contributed by atoms with Gasteiger partial charge in [0.25, 0.3) is 0 Å². The maximum absolute atomic E-state index is 14.8. The molecule has 33 heteroatoms. The number of hydrogen-bond donors (Lipinski definition) is 0. The Hall–Kier alpha value is -24.0. The highest BCUT2D eigenvalue weighted by atomic mass is 19.4. The molecule has 27 nitrogen and oxygen atoms in total. The molecule has 0 saturated heterocycles. The van der Waals surface area contributed by atoms with Crippen molar-refractivity contribution in [3.05, 3.63) is 392 Å². The van der Waals surface area contributed by atoms with Crippen LogP contribution in [-0.2, 0) is 4.74 Å². The Morgan fingerprint density at radius 2 is 0.475 bits per heavy atom. The fourth-order valence-electron chi connectivity index (χ4n) is 16.9. The van der Waals surface area contributed by atoms with E-state index in [2.05, 4.69) is 36.3 Å². The Balaban J connectivity index is 0.000000178. The lowest BCUT2D eigenvalue weighted by atomic mass is 9.89. The van der Waals surface area contributed by atoms with Crippen LogP contribution >= 0.6 is 0 Å². The molecule has 0 aliphatic heterocycles. The summed E-state index contributed by atoms with van der Waals surface area (Å²) in [7, 11) is 0. The molecule has 0 aromatic heterocycles. The van der Waals surface area contributed by atoms with E-state index >= 15 is 0 Å². The van der Waals surface area contributed by atoms with Gasteiger partial charge in [0.05, 0.1) is 240 Å². The number of ether oxygens (including phenoxy) is 1. The van der Waals surface area contributed by atoms with Gasteiger partial charge in [0.1, 0.15) is 53.8 Å². The summed E-state index contributed by atoms with van der Waals surface area (Å²) in [5, 5.41) is 216. The minimum atomic E-state index is -5.32. The lowest BCUT2D eigenvalue weighted by Gasteiger charge is -2.15. The Morgan fingerprint density at radius 3 is 0.745 bits per heavy atom. The van der Waals surface area contributed by atoms with Gasteiger partial charge in [-0.1, -0.05) is 0 Å². The van der Waals surface area contributed by atoms with Crippen molar-refractivity contribution in [3.8, 4) is 134 Å². The minimum Gasteiger partial charge on any atom is -0.405 e. The molecule has 0 heterocycles. The fraction of sp³-hybridized carbons (Fsp3) is 0.0370. The highest BCUT2D eigenvalue weighted by molar-refractivity contribution is 6.23. The lowest BCUT2D eigenvalue weighted by molar-refractivity contribution is -0.302. The van der Waals surface area contributed by atoms with Crippen LogP contribution in [0.15, 0.2) is 179 Å². The molecular formula is C108H30F6N26O. The van der Waals surface area contributed by atoms with E-state index in [1.165, 1.54) is 153 Å². The fourth-order valence-corrected chi connectivity index (χ4v) is 16.9. The van der Waals surface area contributed by atoms with Gasteiger partial charge in [-0.3, -0.25) is 0 Å². The van der Waals surface area contributed by atoms with Crippen LogP contribution in [0.2, 0.25) is 0 Å². The highest BCUT2D eigenvalue weighted by Crippen LogP contribution is 2.59. The first-order valence-electron chi connectivity index (χ1n) is 39.4. The van der Waals surface area contributed by atoms with Crippen LogP contribution in [0.3, 0.4) is 0 Å². The van der Waals surface area contributed by atoms with Gasteiger partial charge >= 0.3 is 12.5 Å². The number of nitrogens with zero attached hydrogens (tertiary/aromatic N) is 26. The average Bonchev–Trinajstić information content (AvgIpc) is 1.56. The Labute approximate surface area is 794 Å². The normalized spacial score (nSPS) is 14.7. The van der Waals surface area contributed by atoms with Gasteiger partial charge in [-0.2, -0.15) is 129 Å². The van der Waals surface area contributed by atoms with Gasteiger partial charge in [-0.05, 0) is 243 Å². The monoisotopic (exact) mass is 1820 g/mol. The van der Waals surface area contributed by atoms with Crippen LogP contribution in [-0.4, -0.2) is 12.5 Å². The zero-order valence-corrected chi connectivity index (χ0v) is 71.2. The third-order valence-electron chi connectivity index (χ3n) is 22.5. The second kappa shape index (κ2) is 38.0. The van der Waals surface area contributed by atoms with Crippen LogP contribution in [0.1, 0.15) is 181 Å². The van der Waals surface area contributed by atoms with Crippen molar-refractivity contribution in [1.82, 2.24) is 0 Å². The minimum absolute atomic E-state index is 0.0171. The van der Waals surface area contributed by atoms with Gasteiger partial charge in [0.15, 0.2) is 0 Å². The predicted molar refractivity (Wildman–Crippen MR) is 484 cm³/mol. The molecule has 141 heavy (non-hydrogen) atoms. The van der Waals surface area contributed by atoms with E-state index in [-0.39, 0.29) is 245 Å². The molecule has 0 fully saturated rings. The van der Waals surface area contributed by atoms with E-state index in [0.29, 0.717) is 11.1 Å². The summed E-state index contributed by atoms with van der Waals surface area (Å²) in [6, 6.07) is 74.0. The first kappa shape index (κ1) is 94.6. The van der Waals surface area contributed by atoms with E-state index in [4.69, 9.17) is 26.3 Å². The molecule has 0 spiro atoms. The molecule has 9 aromatic rings. The zero-order valence-electron chi connectivity index (χ0n) is 71.2. The molecule has 0 atom stereocenters. The summed E-state index contributed by atoms with van der Waals surface area (Å²) >= 11 is 0. The van der Waals surface area contributed by atoms with Crippen LogP contribution < -0.4 is 0 Å². The average molecular weight is 1820 g/mol. The number of nitriles is 22. The Morgan fingerprint density at radius 1 is 0.241 bits per heavy atom. The Kier molecular flexibility index (Phi) is 25.5. The number of rotatable bonds is 7. The molecule has 0 unspecified atom stereocenters.